The van der Waals surface area contributed by atoms with Crippen molar-refractivity contribution in [1.29, 1.82) is 0 Å². The first kappa shape index (κ1) is 13.8. The summed E-state index contributed by atoms with van der Waals surface area (Å²) >= 11 is 0. The molecule has 1 heterocycles. The molecule has 19 heavy (non-hydrogen) atoms. The van der Waals surface area contributed by atoms with Gasteiger partial charge in [-0.15, -0.1) is 0 Å². The fourth-order valence-electron chi connectivity index (χ4n) is 2.43. The van der Waals surface area contributed by atoms with Crippen LogP contribution in [0, 0.1) is 0 Å². The average Bonchev–Trinajstić information content (AvgIpc) is 2.76. The summed E-state index contributed by atoms with van der Waals surface area (Å²) < 4.78 is 0. The molecule has 0 aliphatic carbocycles. The van der Waals surface area contributed by atoms with Gasteiger partial charge in [0.1, 0.15) is 0 Å². The Labute approximate surface area is 114 Å². The number of carbonyl (C=O) groups is 1. The lowest BCUT2D eigenvalue weighted by Gasteiger charge is -2.22. The molecule has 1 aromatic carbocycles. The lowest BCUT2D eigenvalue weighted by atomic mass is 10.1. The third kappa shape index (κ3) is 3.93. The molecule has 2 rings (SSSR count). The van der Waals surface area contributed by atoms with Crippen molar-refractivity contribution in [2.45, 2.75) is 38.3 Å². The van der Waals surface area contributed by atoms with Gasteiger partial charge in [-0.2, -0.15) is 0 Å². The Morgan fingerprint density at radius 1 is 1.42 bits per heavy atom. The van der Waals surface area contributed by atoms with Gasteiger partial charge in [-0.25, -0.2) is 0 Å². The van der Waals surface area contributed by atoms with Gasteiger partial charge in [0.15, 0.2) is 0 Å². The zero-order valence-electron chi connectivity index (χ0n) is 11.3. The normalized spacial score (nSPS) is 21.3. The molecule has 1 aliphatic rings. The minimum Gasteiger partial charge on any atom is -0.389 e. The van der Waals surface area contributed by atoms with Crippen molar-refractivity contribution in [1.82, 2.24) is 4.90 Å². The third-order valence-corrected chi connectivity index (χ3v) is 3.47. The maximum absolute atomic E-state index is 11.9. The molecule has 1 N–H and O–H groups in total. The predicted molar refractivity (Wildman–Crippen MR) is 75.7 cm³/mol. The number of amides is 1. The van der Waals surface area contributed by atoms with Crippen LogP contribution in [0.15, 0.2) is 42.5 Å². The first-order valence-corrected chi connectivity index (χ1v) is 6.86. The van der Waals surface area contributed by atoms with Crippen molar-refractivity contribution in [2.75, 3.05) is 6.54 Å². The van der Waals surface area contributed by atoms with Crippen LogP contribution in [-0.4, -0.2) is 34.6 Å². The monoisotopic (exact) mass is 259 g/mol. The summed E-state index contributed by atoms with van der Waals surface area (Å²) in [6.07, 6.45) is 5.62. The van der Waals surface area contributed by atoms with E-state index in [-0.39, 0.29) is 11.9 Å². The quantitative estimate of drug-likeness (QED) is 0.823. The zero-order chi connectivity index (χ0) is 13.7. The van der Waals surface area contributed by atoms with E-state index in [4.69, 9.17) is 0 Å². The molecule has 3 nitrogen and oxygen atoms in total. The molecule has 3 heteroatoms. The van der Waals surface area contributed by atoms with Crippen LogP contribution in [0.2, 0.25) is 0 Å². The molecule has 1 amide bonds. The van der Waals surface area contributed by atoms with Gasteiger partial charge >= 0.3 is 0 Å². The van der Waals surface area contributed by atoms with Crippen molar-refractivity contribution in [2.24, 2.45) is 0 Å². The Bertz CT molecular complexity index is 439. The number of hydrogen-bond donors (Lipinski definition) is 1. The summed E-state index contributed by atoms with van der Waals surface area (Å²) in [6, 6.07) is 10.4. The van der Waals surface area contributed by atoms with E-state index in [0.717, 1.165) is 19.4 Å². The number of rotatable bonds is 5. The van der Waals surface area contributed by atoms with Gasteiger partial charge in [0, 0.05) is 13.0 Å². The number of carbonyl (C=O) groups excluding carboxylic acids is 1. The standard InChI is InChI=1S/C16H21NO2/c1-13(18)7-8-15-9-10-16(19)17(15)12-11-14-5-3-2-4-6-14/h2-8,13,15,18H,9-12H2,1H3/b8-7+. The number of hydrogen-bond acceptors (Lipinski definition) is 2. The second-order valence-corrected chi connectivity index (χ2v) is 5.05. The van der Waals surface area contributed by atoms with Crippen LogP contribution >= 0.6 is 0 Å². The molecule has 0 spiro atoms. The molecule has 0 radical (unpaired) electrons. The van der Waals surface area contributed by atoms with Crippen molar-refractivity contribution in [3.05, 3.63) is 48.0 Å². The summed E-state index contributed by atoms with van der Waals surface area (Å²) in [7, 11) is 0. The summed E-state index contributed by atoms with van der Waals surface area (Å²) in [5, 5.41) is 9.28. The van der Waals surface area contributed by atoms with Crippen LogP contribution in [0.1, 0.15) is 25.3 Å². The van der Waals surface area contributed by atoms with Gasteiger partial charge in [0.25, 0.3) is 0 Å². The van der Waals surface area contributed by atoms with E-state index in [0.29, 0.717) is 6.42 Å². The molecule has 0 aromatic heterocycles. The summed E-state index contributed by atoms with van der Waals surface area (Å²) in [4.78, 5) is 13.8. The molecule has 102 valence electrons. The Kier molecular flexibility index (Phi) is 4.74. The average molecular weight is 259 g/mol. The first-order chi connectivity index (χ1) is 9.16. The Hall–Kier alpha value is -1.61. The highest BCUT2D eigenvalue weighted by molar-refractivity contribution is 5.79. The molecule has 2 atom stereocenters. The highest BCUT2D eigenvalue weighted by Crippen LogP contribution is 2.20. The molecular weight excluding hydrogens is 238 g/mol. The van der Waals surface area contributed by atoms with Crippen LogP contribution in [0.25, 0.3) is 0 Å². The second-order valence-electron chi connectivity index (χ2n) is 5.05. The molecule has 0 bridgehead atoms. The van der Waals surface area contributed by atoms with Crippen molar-refractivity contribution < 1.29 is 9.90 Å². The number of aliphatic hydroxyl groups is 1. The minimum atomic E-state index is -0.452. The van der Waals surface area contributed by atoms with Crippen molar-refractivity contribution >= 4 is 5.91 Å². The maximum atomic E-state index is 11.9. The highest BCUT2D eigenvalue weighted by atomic mass is 16.3. The molecule has 1 fully saturated rings. The smallest absolute Gasteiger partial charge is 0.223 e. The Balaban J connectivity index is 1.94. The number of benzene rings is 1. The first-order valence-electron chi connectivity index (χ1n) is 6.86. The van der Waals surface area contributed by atoms with Crippen molar-refractivity contribution in [3.8, 4) is 0 Å². The summed E-state index contributed by atoms with van der Waals surface area (Å²) in [5.41, 5.74) is 1.25. The number of aliphatic hydroxyl groups excluding tert-OH is 1. The molecular formula is C16H21NO2. The zero-order valence-corrected chi connectivity index (χ0v) is 11.3. The second kappa shape index (κ2) is 6.53. The van der Waals surface area contributed by atoms with Crippen LogP contribution in [0.5, 0.6) is 0 Å². The summed E-state index contributed by atoms with van der Waals surface area (Å²) in [5.74, 6) is 0.219. The van der Waals surface area contributed by atoms with E-state index in [1.807, 2.05) is 29.2 Å². The van der Waals surface area contributed by atoms with Gasteiger partial charge in [-0.3, -0.25) is 4.79 Å². The number of likely N-dealkylation sites (tertiary alicyclic amines) is 1. The topological polar surface area (TPSA) is 40.5 Å². The molecule has 2 unspecified atom stereocenters. The number of nitrogens with zero attached hydrogens (tertiary/aromatic N) is 1. The fourth-order valence-corrected chi connectivity index (χ4v) is 2.43. The molecule has 0 saturated carbocycles. The van der Waals surface area contributed by atoms with E-state index < -0.39 is 6.10 Å². The maximum Gasteiger partial charge on any atom is 0.223 e. The summed E-state index contributed by atoms with van der Waals surface area (Å²) in [6.45, 7) is 2.47. The van der Waals surface area contributed by atoms with Gasteiger partial charge in [0.2, 0.25) is 5.91 Å². The molecule has 1 aromatic rings. The van der Waals surface area contributed by atoms with Crippen LogP contribution < -0.4 is 0 Å². The van der Waals surface area contributed by atoms with E-state index in [9.17, 15) is 9.90 Å². The van der Waals surface area contributed by atoms with E-state index in [1.165, 1.54) is 5.56 Å². The predicted octanol–water partition coefficient (Wildman–Crippen LogP) is 2.16. The Morgan fingerprint density at radius 3 is 2.84 bits per heavy atom. The van der Waals surface area contributed by atoms with E-state index >= 15 is 0 Å². The van der Waals surface area contributed by atoms with Crippen LogP contribution in [-0.2, 0) is 11.2 Å². The van der Waals surface area contributed by atoms with E-state index in [1.54, 1.807) is 13.0 Å². The highest BCUT2D eigenvalue weighted by Gasteiger charge is 2.28. The molecule has 1 aliphatic heterocycles. The van der Waals surface area contributed by atoms with E-state index in [2.05, 4.69) is 12.1 Å². The van der Waals surface area contributed by atoms with Gasteiger partial charge in [-0.1, -0.05) is 42.5 Å². The largest absolute Gasteiger partial charge is 0.389 e. The SMILES string of the molecule is CC(O)/C=C/C1CCC(=O)N1CCc1ccccc1. The van der Waals surface area contributed by atoms with Crippen LogP contribution in [0.3, 0.4) is 0 Å². The van der Waals surface area contributed by atoms with Gasteiger partial charge in [-0.05, 0) is 25.3 Å². The third-order valence-electron chi connectivity index (χ3n) is 3.47. The minimum absolute atomic E-state index is 0.144. The van der Waals surface area contributed by atoms with Gasteiger partial charge in [0.05, 0.1) is 12.1 Å². The lowest BCUT2D eigenvalue weighted by molar-refractivity contribution is -0.128. The van der Waals surface area contributed by atoms with Crippen molar-refractivity contribution in [3.63, 3.8) is 0 Å². The van der Waals surface area contributed by atoms with Crippen LogP contribution in [0.4, 0.5) is 0 Å². The fraction of sp³-hybridized carbons (Fsp3) is 0.438. The lowest BCUT2D eigenvalue weighted by Crippen LogP contribution is -2.33. The van der Waals surface area contributed by atoms with Gasteiger partial charge < -0.3 is 10.0 Å². The Morgan fingerprint density at radius 2 is 2.16 bits per heavy atom. The molecule has 1 saturated heterocycles.